The molecule has 0 atom stereocenters. The smallest absolute Gasteiger partial charge is 0.0418 e. The Labute approximate surface area is 115 Å². The number of anilines is 4. The highest BCUT2D eigenvalue weighted by atomic mass is 15.1. The summed E-state index contributed by atoms with van der Waals surface area (Å²) in [5, 5.41) is 3.43. The minimum atomic E-state index is 0.839. The van der Waals surface area contributed by atoms with Gasteiger partial charge in [-0.1, -0.05) is 0 Å². The molecule has 0 aromatic heterocycles. The summed E-state index contributed by atoms with van der Waals surface area (Å²) in [4.78, 5) is 2.09. The Bertz CT molecular complexity index is 571. The molecule has 0 aliphatic heterocycles. The van der Waals surface area contributed by atoms with Crippen molar-refractivity contribution in [2.75, 3.05) is 30.0 Å². The highest BCUT2D eigenvalue weighted by Gasteiger charge is 2.04. The number of nitrogens with two attached hydrogens (primary N) is 1. The van der Waals surface area contributed by atoms with Crippen LogP contribution in [-0.4, -0.2) is 14.1 Å². The Kier molecular flexibility index (Phi) is 3.65. The van der Waals surface area contributed by atoms with Gasteiger partial charge in [0.05, 0.1) is 0 Å². The minimum absolute atomic E-state index is 0.839. The summed E-state index contributed by atoms with van der Waals surface area (Å²) in [6.45, 7) is 4.13. The van der Waals surface area contributed by atoms with Gasteiger partial charge >= 0.3 is 0 Å². The zero-order valence-corrected chi connectivity index (χ0v) is 12.0. The predicted molar refractivity (Wildman–Crippen MR) is 84.4 cm³/mol. The molecule has 0 radical (unpaired) electrons. The number of nitrogens with one attached hydrogen (secondary N) is 1. The van der Waals surface area contributed by atoms with E-state index in [2.05, 4.69) is 41.4 Å². The fraction of sp³-hybridized carbons (Fsp3) is 0.250. The standard InChI is InChI=1S/C16H21N3/c1-11-12(2)16(10-9-15(11)17)18-13-5-7-14(8-6-13)19(3)4/h5-10,18H,17H2,1-4H3. The quantitative estimate of drug-likeness (QED) is 0.822. The molecule has 2 aromatic rings. The summed E-state index contributed by atoms with van der Waals surface area (Å²) in [5.41, 5.74) is 12.4. The summed E-state index contributed by atoms with van der Waals surface area (Å²) in [5.74, 6) is 0. The predicted octanol–water partition coefficient (Wildman–Crippen LogP) is 3.70. The monoisotopic (exact) mass is 255 g/mol. The first-order valence-electron chi connectivity index (χ1n) is 6.39. The molecule has 0 aliphatic rings. The van der Waals surface area contributed by atoms with Crippen molar-refractivity contribution in [1.82, 2.24) is 0 Å². The van der Waals surface area contributed by atoms with E-state index in [1.54, 1.807) is 0 Å². The average molecular weight is 255 g/mol. The van der Waals surface area contributed by atoms with Crippen LogP contribution in [0.3, 0.4) is 0 Å². The topological polar surface area (TPSA) is 41.3 Å². The first-order chi connectivity index (χ1) is 8.99. The maximum atomic E-state index is 5.90. The number of nitrogens with zero attached hydrogens (tertiary/aromatic N) is 1. The fourth-order valence-corrected chi connectivity index (χ4v) is 1.98. The van der Waals surface area contributed by atoms with E-state index in [0.29, 0.717) is 0 Å². The van der Waals surface area contributed by atoms with Gasteiger partial charge in [0.2, 0.25) is 0 Å². The van der Waals surface area contributed by atoms with Gasteiger partial charge in [-0.15, -0.1) is 0 Å². The van der Waals surface area contributed by atoms with Gasteiger partial charge in [0, 0.05) is 36.8 Å². The number of nitrogen functional groups attached to an aromatic ring is 1. The molecule has 0 unspecified atom stereocenters. The van der Waals surface area contributed by atoms with Gasteiger partial charge in [-0.05, 0) is 61.4 Å². The van der Waals surface area contributed by atoms with E-state index in [1.807, 2.05) is 33.2 Å². The van der Waals surface area contributed by atoms with E-state index in [1.165, 1.54) is 11.3 Å². The van der Waals surface area contributed by atoms with Gasteiger partial charge in [0.15, 0.2) is 0 Å². The SMILES string of the molecule is Cc1c(N)ccc(Nc2ccc(N(C)C)cc2)c1C. The van der Waals surface area contributed by atoms with Crippen molar-refractivity contribution < 1.29 is 0 Å². The lowest BCUT2D eigenvalue weighted by Gasteiger charge is -2.15. The van der Waals surface area contributed by atoms with E-state index in [0.717, 1.165) is 22.6 Å². The molecule has 0 saturated heterocycles. The molecule has 0 fully saturated rings. The Morgan fingerprint density at radius 3 is 2.11 bits per heavy atom. The summed E-state index contributed by atoms with van der Waals surface area (Å²) >= 11 is 0. The van der Waals surface area contributed by atoms with Crippen LogP contribution >= 0.6 is 0 Å². The molecule has 100 valence electrons. The molecule has 3 nitrogen and oxygen atoms in total. The van der Waals surface area contributed by atoms with Gasteiger partial charge in [0.1, 0.15) is 0 Å². The zero-order chi connectivity index (χ0) is 14.0. The molecule has 2 rings (SSSR count). The number of benzene rings is 2. The summed E-state index contributed by atoms with van der Waals surface area (Å²) in [6.07, 6.45) is 0. The van der Waals surface area contributed by atoms with Crippen LogP contribution < -0.4 is 16.0 Å². The normalized spacial score (nSPS) is 10.3. The van der Waals surface area contributed by atoms with E-state index in [-0.39, 0.29) is 0 Å². The Hall–Kier alpha value is -2.16. The van der Waals surface area contributed by atoms with Crippen LogP contribution in [0.25, 0.3) is 0 Å². The first-order valence-corrected chi connectivity index (χ1v) is 6.39. The van der Waals surface area contributed by atoms with Crippen LogP contribution in [0.15, 0.2) is 36.4 Å². The third-order valence-corrected chi connectivity index (χ3v) is 3.49. The Morgan fingerprint density at radius 2 is 1.53 bits per heavy atom. The molecule has 19 heavy (non-hydrogen) atoms. The molecule has 0 bridgehead atoms. The highest BCUT2D eigenvalue weighted by Crippen LogP contribution is 2.27. The van der Waals surface area contributed by atoms with Crippen molar-refractivity contribution in [3.63, 3.8) is 0 Å². The van der Waals surface area contributed by atoms with E-state index >= 15 is 0 Å². The summed E-state index contributed by atoms with van der Waals surface area (Å²) < 4.78 is 0. The van der Waals surface area contributed by atoms with Crippen LogP contribution in [-0.2, 0) is 0 Å². The average Bonchev–Trinajstić information content (AvgIpc) is 2.40. The molecular formula is C16H21N3. The summed E-state index contributed by atoms with van der Waals surface area (Å²) in [7, 11) is 4.08. The molecule has 2 aromatic carbocycles. The van der Waals surface area contributed by atoms with Crippen molar-refractivity contribution in [3.8, 4) is 0 Å². The third-order valence-electron chi connectivity index (χ3n) is 3.49. The van der Waals surface area contributed by atoms with E-state index < -0.39 is 0 Å². The zero-order valence-electron chi connectivity index (χ0n) is 12.0. The number of hydrogen-bond acceptors (Lipinski definition) is 3. The van der Waals surface area contributed by atoms with Crippen molar-refractivity contribution in [1.29, 1.82) is 0 Å². The Morgan fingerprint density at radius 1 is 0.895 bits per heavy atom. The molecule has 0 saturated carbocycles. The lowest BCUT2D eigenvalue weighted by molar-refractivity contribution is 1.13. The maximum absolute atomic E-state index is 5.90. The fourth-order valence-electron chi connectivity index (χ4n) is 1.98. The van der Waals surface area contributed by atoms with Crippen molar-refractivity contribution in [3.05, 3.63) is 47.5 Å². The van der Waals surface area contributed by atoms with Crippen molar-refractivity contribution in [2.24, 2.45) is 0 Å². The van der Waals surface area contributed by atoms with Gasteiger partial charge in [-0.3, -0.25) is 0 Å². The van der Waals surface area contributed by atoms with Crippen LogP contribution in [0.4, 0.5) is 22.7 Å². The van der Waals surface area contributed by atoms with Gasteiger partial charge in [-0.2, -0.15) is 0 Å². The lowest BCUT2D eigenvalue weighted by atomic mass is 10.1. The Balaban J connectivity index is 2.24. The maximum Gasteiger partial charge on any atom is 0.0418 e. The van der Waals surface area contributed by atoms with Crippen LogP contribution in [0, 0.1) is 13.8 Å². The van der Waals surface area contributed by atoms with Crippen molar-refractivity contribution >= 4 is 22.7 Å². The number of hydrogen-bond donors (Lipinski definition) is 2. The summed E-state index contributed by atoms with van der Waals surface area (Å²) in [6, 6.07) is 12.3. The second-order valence-corrected chi connectivity index (χ2v) is 5.02. The number of rotatable bonds is 3. The van der Waals surface area contributed by atoms with Gasteiger partial charge < -0.3 is 16.0 Å². The largest absolute Gasteiger partial charge is 0.399 e. The van der Waals surface area contributed by atoms with E-state index in [4.69, 9.17) is 5.73 Å². The second kappa shape index (κ2) is 5.22. The molecular weight excluding hydrogens is 234 g/mol. The first kappa shape index (κ1) is 13.3. The van der Waals surface area contributed by atoms with Crippen molar-refractivity contribution in [2.45, 2.75) is 13.8 Å². The lowest BCUT2D eigenvalue weighted by Crippen LogP contribution is -2.08. The van der Waals surface area contributed by atoms with Gasteiger partial charge in [-0.25, -0.2) is 0 Å². The molecule has 0 amide bonds. The molecule has 0 aliphatic carbocycles. The molecule has 3 heteroatoms. The van der Waals surface area contributed by atoms with Crippen LogP contribution in [0.1, 0.15) is 11.1 Å². The van der Waals surface area contributed by atoms with Crippen LogP contribution in [0.5, 0.6) is 0 Å². The second-order valence-electron chi connectivity index (χ2n) is 5.02. The van der Waals surface area contributed by atoms with Gasteiger partial charge in [0.25, 0.3) is 0 Å². The minimum Gasteiger partial charge on any atom is -0.399 e. The third kappa shape index (κ3) is 2.81. The van der Waals surface area contributed by atoms with E-state index in [9.17, 15) is 0 Å². The molecule has 3 N–H and O–H groups in total. The molecule has 0 heterocycles. The van der Waals surface area contributed by atoms with Crippen LogP contribution in [0.2, 0.25) is 0 Å². The molecule has 0 spiro atoms. The highest BCUT2D eigenvalue weighted by molar-refractivity contribution is 5.69.